The monoisotopic (exact) mass is 505 g/mol. The Bertz CT molecular complexity index is 1130. The van der Waals surface area contributed by atoms with Crippen LogP contribution < -0.4 is 19.7 Å². The average molecular weight is 506 g/mol. The van der Waals surface area contributed by atoms with Crippen LogP contribution in [0.15, 0.2) is 41.5 Å². The van der Waals surface area contributed by atoms with E-state index < -0.39 is 24.2 Å². The molecule has 0 bridgehead atoms. The number of amides is 2. The van der Waals surface area contributed by atoms with E-state index in [-0.39, 0.29) is 12.2 Å². The third-order valence-corrected chi connectivity index (χ3v) is 6.44. The third kappa shape index (κ3) is 5.51. The van der Waals surface area contributed by atoms with Crippen molar-refractivity contribution in [1.82, 2.24) is 15.2 Å². The van der Waals surface area contributed by atoms with Crippen molar-refractivity contribution in [2.75, 3.05) is 52.3 Å². The van der Waals surface area contributed by atoms with E-state index in [1.807, 2.05) is 24.3 Å². The number of rotatable bonds is 4. The minimum absolute atomic E-state index is 0.0751. The van der Waals surface area contributed by atoms with E-state index in [0.717, 1.165) is 37.4 Å². The van der Waals surface area contributed by atoms with Gasteiger partial charge in [-0.1, -0.05) is 12.1 Å². The molecular formula is C25H30F3N5O3. The number of likely N-dealkylation sites (N-methyl/N-ethyl adjacent to an activating group) is 1. The highest BCUT2D eigenvalue weighted by Crippen LogP contribution is 2.37. The van der Waals surface area contributed by atoms with E-state index in [1.54, 1.807) is 6.92 Å². The van der Waals surface area contributed by atoms with Gasteiger partial charge in [0.15, 0.2) is 11.5 Å². The number of ether oxygens (including phenoxy) is 2. The Hall–Kier alpha value is -3.47. The zero-order chi connectivity index (χ0) is 26.0. The second kappa shape index (κ2) is 10.3. The zero-order valence-corrected chi connectivity index (χ0v) is 20.7. The Morgan fingerprint density at radius 1 is 1.08 bits per heavy atom. The predicted molar refractivity (Wildman–Crippen MR) is 131 cm³/mol. The zero-order valence-electron chi connectivity index (χ0n) is 20.7. The number of nitrogens with zero attached hydrogens (tertiary/aromatic N) is 4. The van der Waals surface area contributed by atoms with Crippen molar-refractivity contribution in [2.45, 2.75) is 25.7 Å². The second-order valence-electron chi connectivity index (χ2n) is 8.95. The highest BCUT2D eigenvalue weighted by molar-refractivity contribution is 6.14. The Morgan fingerprint density at radius 3 is 2.33 bits per heavy atom. The molecule has 11 heteroatoms. The topological polar surface area (TPSA) is 69.6 Å². The molecule has 2 aliphatic heterocycles. The maximum absolute atomic E-state index is 13.0. The van der Waals surface area contributed by atoms with E-state index in [4.69, 9.17) is 4.74 Å². The van der Waals surface area contributed by atoms with Gasteiger partial charge in [-0.15, -0.1) is 13.2 Å². The lowest BCUT2D eigenvalue weighted by Crippen LogP contribution is -2.44. The molecule has 2 amide bonds. The summed E-state index contributed by atoms with van der Waals surface area (Å²) >= 11 is 0. The van der Waals surface area contributed by atoms with Crippen LogP contribution in [0, 0.1) is 0 Å². The van der Waals surface area contributed by atoms with Crippen LogP contribution in [0.2, 0.25) is 0 Å². The summed E-state index contributed by atoms with van der Waals surface area (Å²) < 4.78 is 48.6. The molecular weight excluding hydrogens is 475 g/mol. The molecule has 0 spiro atoms. The quantitative estimate of drug-likeness (QED) is 0.687. The Balaban J connectivity index is 1.78. The van der Waals surface area contributed by atoms with Crippen LogP contribution in [0.5, 0.6) is 11.5 Å². The summed E-state index contributed by atoms with van der Waals surface area (Å²) in [5.74, 6) is -0.511. The lowest BCUT2D eigenvalue weighted by atomic mass is 9.94. The number of hydrogen-bond donors (Lipinski definition) is 1. The SMILES string of the molecule is CNC(=O)N1N=C(c2ccc(N3CCN(C)CC3)cc2)c2cc(OC)c(OC(F)(F)F)cc2CC1C. The van der Waals surface area contributed by atoms with Crippen LogP contribution in [0.4, 0.5) is 23.7 Å². The van der Waals surface area contributed by atoms with Gasteiger partial charge in [0, 0.05) is 50.0 Å². The summed E-state index contributed by atoms with van der Waals surface area (Å²) in [6.45, 7) is 5.57. The van der Waals surface area contributed by atoms with Crippen LogP contribution in [-0.2, 0) is 6.42 Å². The standard InChI is InChI=1S/C25H30F3N5O3/c1-16-13-18-14-22(36-25(26,27)28)21(35-4)15-20(18)23(30-33(16)24(34)29-2)17-5-7-19(8-6-17)32-11-9-31(3)10-12-32/h5-8,14-16H,9-13H2,1-4H3,(H,29,34). The van der Waals surface area contributed by atoms with Crippen molar-refractivity contribution < 1.29 is 27.4 Å². The molecule has 0 aromatic heterocycles. The first-order valence-electron chi connectivity index (χ1n) is 11.7. The number of methoxy groups -OCH3 is 1. The number of alkyl halides is 3. The van der Waals surface area contributed by atoms with Crippen LogP contribution in [0.3, 0.4) is 0 Å². The lowest BCUT2D eigenvalue weighted by molar-refractivity contribution is -0.275. The Morgan fingerprint density at radius 2 is 1.75 bits per heavy atom. The molecule has 0 radical (unpaired) electrons. The van der Waals surface area contributed by atoms with Gasteiger partial charge in [0.2, 0.25) is 0 Å². The normalized spacial score (nSPS) is 18.8. The van der Waals surface area contributed by atoms with Gasteiger partial charge in [-0.3, -0.25) is 0 Å². The minimum atomic E-state index is -4.87. The maximum Gasteiger partial charge on any atom is 0.573 e. The molecule has 8 nitrogen and oxygen atoms in total. The third-order valence-electron chi connectivity index (χ3n) is 6.44. The van der Waals surface area contributed by atoms with Gasteiger partial charge in [0.1, 0.15) is 0 Å². The molecule has 2 aromatic carbocycles. The summed E-state index contributed by atoms with van der Waals surface area (Å²) in [4.78, 5) is 17.2. The maximum atomic E-state index is 13.0. The summed E-state index contributed by atoms with van der Waals surface area (Å²) in [5.41, 5.74) is 3.40. The summed E-state index contributed by atoms with van der Waals surface area (Å²) in [7, 11) is 4.88. The minimum Gasteiger partial charge on any atom is -0.493 e. The fraction of sp³-hybridized carbons (Fsp3) is 0.440. The van der Waals surface area contributed by atoms with Crippen LogP contribution >= 0.6 is 0 Å². The molecule has 2 aliphatic rings. The lowest BCUT2D eigenvalue weighted by Gasteiger charge is -2.34. The van der Waals surface area contributed by atoms with Crippen LogP contribution in [0.25, 0.3) is 0 Å². The van der Waals surface area contributed by atoms with E-state index in [2.05, 4.69) is 32.0 Å². The van der Waals surface area contributed by atoms with Gasteiger partial charge in [-0.05, 0) is 50.2 Å². The predicted octanol–water partition coefficient (Wildman–Crippen LogP) is 3.68. The molecule has 2 aromatic rings. The number of urea groups is 1. The second-order valence-corrected chi connectivity index (χ2v) is 8.95. The number of fused-ring (bicyclic) bond motifs is 1. The highest BCUT2D eigenvalue weighted by Gasteiger charge is 2.34. The van der Waals surface area contributed by atoms with Crippen molar-refractivity contribution in [3.8, 4) is 11.5 Å². The number of hydrazone groups is 1. The molecule has 1 atom stereocenters. The molecule has 2 heterocycles. The number of benzene rings is 2. The van der Waals surface area contributed by atoms with E-state index >= 15 is 0 Å². The molecule has 1 saturated heterocycles. The van der Waals surface area contributed by atoms with E-state index in [0.29, 0.717) is 16.8 Å². The van der Waals surface area contributed by atoms with Crippen molar-refractivity contribution in [1.29, 1.82) is 0 Å². The number of carbonyl (C=O) groups excluding carboxylic acids is 1. The van der Waals surface area contributed by atoms with Gasteiger partial charge in [0.25, 0.3) is 0 Å². The number of anilines is 1. The Labute approximate surface area is 208 Å². The molecule has 1 N–H and O–H groups in total. The summed E-state index contributed by atoms with van der Waals surface area (Å²) in [6.07, 6.45) is -4.60. The number of nitrogens with one attached hydrogen (secondary N) is 1. The highest BCUT2D eigenvalue weighted by atomic mass is 19.4. The smallest absolute Gasteiger partial charge is 0.493 e. The fourth-order valence-electron chi connectivity index (χ4n) is 4.49. The van der Waals surface area contributed by atoms with Crippen molar-refractivity contribution in [3.05, 3.63) is 53.1 Å². The van der Waals surface area contributed by atoms with Gasteiger partial charge in [-0.25, -0.2) is 9.80 Å². The molecule has 4 rings (SSSR count). The summed E-state index contributed by atoms with van der Waals surface area (Å²) in [5, 5.41) is 8.57. The summed E-state index contributed by atoms with van der Waals surface area (Å²) in [6, 6.07) is 9.81. The molecule has 36 heavy (non-hydrogen) atoms. The average Bonchev–Trinajstić information content (AvgIpc) is 2.98. The van der Waals surface area contributed by atoms with Crippen molar-refractivity contribution in [2.24, 2.45) is 5.10 Å². The molecule has 1 unspecified atom stereocenters. The number of carbonyl (C=O) groups is 1. The van der Waals surface area contributed by atoms with Gasteiger partial charge >= 0.3 is 12.4 Å². The molecule has 0 aliphatic carbocycles. The molecule has 194 valence electrons. The van der Waals surface area contributed by atoms with Gasteiger partial charge in [0.05, 0.1) is 18.9 Å². The van der Waals surface area contributed by atoms with Crippen molar-refractivity contribution >= 4 is 17.4 Å². The Kier molecular flexibility index (Phi) is 7.30. The van der Waals surface area contributed by atoms with E-state index in [9.17, 15) is 18.0 Å². The molecule has 0 saturated carbocycles. The number of piperazine rings is 1. The van der Waals surface area contributed by atoms with Crippen LogP contribution in [0.1, 0.15) is 23.6 Å². The largest absolute Gasteiger partial charge is 0.573 e. The van der Waals surface area contributed by atoms with E-state index in [1.165, 1.54) is 31.3 Å². The first-order chi connectivity index (χ1) is 17.1. The first-order valence-corrected chi connectivity index (χ1v) is 11.7. The van der Waals surface area contributed by atoms with Crippen molar-refractivity contribution in [3.63, 3.8) is 0 Å². The van der Waals surface area contributed by atoms with Crippen LogP contribution in [-0.4, -0.2) is 81.4 Å². The number of hydrogen-bond acceptors (Lipinski definition) is 6. The molecule has 1 fully saturated rings. The first kappa shape index (κ1) is 25.6. The van der Waals surface area contributed by atoms with Gasteiger partial charge in [-0.2, -0.15) is 5.10 Å². The fourth-order valence-corrected chi connectivity index (χ4v) is 4.49. The van der Waals surface area contributed by atoms with Gasteiger partial charge < -0.3 is 24.6 Å². The number of halogens is 3.